The minimum Gasteiger partial charge on any atom is -0.390 e. The molecule has 0 radical (unpaired) electrons. The average molecular weight is 298 g/mol. The molecule has 0 saturated carbocycles. The van der Waals surface area contributed by atoms with Crippen LogP contribution in [0.1, 0.15) is 38.8 Å². The van der Waals surface area contributed by atoms with Crippen LogP contribution >= 0.6 is 0 Å². The molecule has 0 aliphatic rings. The zero-order chi connectivity index (χ0) is 16.4. The first-order chi connectivity index (χ1) is 10.1. The van der Waals surface area contributed by atoms with E-state index in [0.717, 1.165) is 22.3 Å². The third-order valence-corrected chi connectivity index (χ3v) is 3.51. The lowest BCUT2D eigenvalue weighted by molar-refractivity contribution is 0.0803. The van der Waals surface area contributed by atoms with Crippen LogP contribution in [0.25, 0.3) is 11.1 Å². The van der Waals surface area contributed by atoms with Crippen molar-refractivity contribution in [2.24, 2.45) is 0 Å². The SMILES string of the molecule is CC(C)(O)Cc1ccc(-c2ccc(CC(C)(C)O)cc2)cc1. The van der Waals surface area contributed by atoms with E-state index in [9.17, 15) is 10.2 Å². The van der Waals surface area contributed by atoms with E-state index in [2.05, 4.69) is 48.5 Å². The van der Waals surface area contributed by atoms with Crippen LogP contribution in [0.15, 0.2) is 48.5 Å². The third-order valence-electron chi connectivity index (χ3n) is 3.51. The molecule has 0 atom stereocenters. The lowest BCUT2D eigenvalue weighted by atomic mass is 9.94. The molecule has 0 heterocycles. The zero-order valence-corrected chi connectivity index (χ0v) is 13.9. The summed E-state index contributed by atoms with van der Waals surface area (Å²) in [5, 5.41) is 19.7. The van der Waals surface area contributed by atoms with Gasteiger partial charge in [-0.3, -0.25) is 0 Å². The van der Waals surface area contributed by atoms with Gasteiger partial charge in [0.05, 0.1) is 11.2 Å². The summed E-state index contributed by atoms with van der Waals surface area (Å²) in [5.74, 6) is 0. The second kappa shape index (κ2) is 6.23. The Labute approximate surface area is 133 Å². The lowest BCUT2D eigenvalue weighted by Gasteiger charge is -2.17. The Morgan fingerprint density at radius 1 is 0.591 bits per heavy atom. The predicted molar refractivity (Wildman–Crippen MR) is 91.9 cm³/mol. The molecule has 0 unspecified atom stereocenters. The van der Waals surface area contributed by atoms with Crippen molar-refractivity contribution >= 4 is 0 Å². The van der Waals surface area contributed by atoms with Crippen LogP contribution in [0, 0.1) is 0 Å². The summed E-state index contributed by atoms with van der Waals surface area (Å²) in [6.45, 7) is 7.29. The number of hydrogen-bond donors (Lipinski definition) is 2. The highest BCUT2D eigenvalue weighted by Gasteiger charge is 2.14. The fourth-order valence-electron chi connectivity index (χ4n) is 2.63. The molecule has 0 spiro atoms. The number of rotatable bonds is 5. The second-order valence-corrected chi connectivity index (χ2v) is 7.37. The fourth-order valence-corrected chi connectivity index (χ4v) is 2.63. The van der Waals surface area contributed by atoms with Crippen molar-refractivity contribution < 1.29 is 10.2 Å². The maximum absolute atomic E-state index is 9.86. The van der Waals surface area contributed by atoms with Crippen LogP contribution in [-0.2, 0) is 12.8 Å². The molecule has 2 nitrogen and oxygen atoms in total. The number of hydrogen-bond acceptors (Lipinski definition) is 2. The van der Waals surface area contributed by atoms with Crippen LogP contribution < -0.4 is 0 Å². The summed E-state index contributed by atoms with van der Waals surface area (Å²) in [4.78, 5) is 0. The maximum atomic E-state index is 9.86. The van der Waals surface area contributed by atoms with Gasteiger partial charge in [-0.2, -0.15) is 0 Å². The standard InChI is InChI=1S/C20H26O2/c1-19(2,21)13-15-5-9-17(10-6-15)18-11-7-16(8-12-18)14-20(3,4)22/h5-12,21-22H,13-14H2,1-4H3. The molecule has 2 rings (SSSR count). The van der Waals surface area contributed by atoms with Crippen LogP contribution in [-0.4, -0.2) is 21.4 Å². The summed E-state index contributed by atoms with van der Waals surface area (Å²) in [7, 11) is 0. The highest BCUT2D eigenvalue weighted by atomic mass is 16.3. The molecule has 0 fully saturated rings. The Hall–Kier alpha value is -1.64. The smallest absolute Gasteiger partial charge is 0.0631 e. The molecule has 0 aliphatic carbocycles. The van der Waals surface area contributed by atoms with E-state index >= 15 is 0 Å². The molecule has 0 bridgehead atoms. The van der Waals surface area contributed by atoms with Crippen molar-refractivity contribution in [3.05, 3.63) is 59.7 Å². The van der Waals surface area contributed by atoms with E-state index in [0.29, 0.717) is 12.8 Å². The van der Waals surface area contributed by atoms with Gasteiger partial charge in [-0.25, -0.2) is 0 Å². The van der Waals surface area contributed by atoms with Gasteiger partial charge in [0.1, 0.15) is 0 Å². The van der Waals surface area contributed by atoms with E-state index in [1.54, 1.807) is 0 Å². The van der Waals surface area contributed by atoms with Gasteiger partial charge >= 0.3 is 0 Å². The lowest BCUT2D eigenvalue weighted by Crippen LogP contribution is -2.21. The van der Waals surface area contributed by atoms with Crippen LogP contribution in [0.5, 0.6) is 0 Å². The van der Waals surface area contributed by atoms with Gasteiger partial charge in [0.2, 0.25) is 0 Å². The third kappa shape index (κ3) is 5.28. The van der Waals surface area contributed by atoms with Crippen LogP contribution in [0.4, 0.5) is 0 Å². The zero-order valence-electron chi connectivity index (χ0n) is 13.9. The van der Waals surface area contributed by atoms with Gasteiger partial charge in [-0.15, -0.1) is 0 Å². The van der Waals surface area contributed by atoms with E-state index < -0.39 is 11.2 Å². The molecular formula is C20H26O2. The van der Waals surface area contributed by atoms with Crippen molar-refractivity contribution in [1.82, 2.24) is 0 Å². The summed E-state index contributed by atoms with van der Waals surface area (Å²) in [6, 6.07) is 16.6. The normalized spacial score (nSPS) is 12.5. The van der Waals surface area contributed by atoms with Gasteiger partial charge in [-0.1, -0.05) is 48.5 Å². The summed E-state index contributed by atoms with van der Waals surface area (Å²) in [6.07, 6.45) is 1.30. The van der Waals surface area contributed by atoms with Crippen LogP contribution in [0.2, 0.25) is 0 Å². The van der Waals surface area contributed by atoms with Gasteiger partial charge in [0.25, 0.3) is 0 Å². The highest BCUT2D eigenvalue weighted by Crippen LogP contribution is 2.23. The fraction of sp³-hybridized carbons (Fsp3) is 0.400. The molecule has 2 N–H and O–H groups in total. The highest BCUT2D eigenvalue weighted by molar-refractivity contribution is 5.64. The van der Waals surface area contributed by atoms with E-state index in [4.69, 9.17) is 0 Å². The van der Waals surface area contributed by atoms with Crippen LogP contribution in [0.3, 0.4) is 0 Å². The van der Waals surface area contributed by atoms with E-state index in [1.807, 2.05) is 27.7 Å². The molecule has 0 aromatic heterocycles. The first kappa shape index (κ1) is 16.7. The van der Waals surface area contributed by atoms with Crippen molar-refractivity contribution in [3.8, 4) is 11.1 Å². The van der Waals surface area contributed by atoms with Crippen molar-refractivity contribution in [1.29, 1.82) is 0 Å². The Morgan fingerprint density at radius 3 is 1.09 bits per heavy atom. The molecule has 22 heavy (non-hydrogen) atoms. The largest absolute Gasteiger partial charge is 0.390 e. The molecule has 2 aromatic rings. The van der Waals surface area contributed by atoms with Gasteiger partial charge in [-0.05, 0) is 49.9 Å². The summed E-state index contributed by atoms with van der Waals surface area (Å²) < 4.78 is 0. The second-order valence-electron chi connectivity index (χ2n) is 7.37. The predicted octanol–water partition coefficient (Wildman–Crippen LogP) is 3.98. The monoisotopic (exact) mass is 298 g/mol. The molecular weight excluding hydrogens is 272 g/mol. The summed E-state index contributed by atoms with van der Waals surface area (Å²) >= 11 is 0. The van der Waals surface area contributed by atoms with Gasteiger partial charge in [0.15, 0.2) is 0 Å². The molecule has 0 aliphatic heterocycles. The minimum atomic E-state index is -0.680. The first-order valence-electron chi connectivity index (χ1n) is 7.75. The number of benzene rings is 2. The Morgan fingerprint density at radius 2 is 0.864 bits per heavy atom. The van der Waals surface area contributed by atoms with Crippen molar-refractivity contribution in [2.75, 3.05) is 0 Å². The Balaban J connectivity index is 2.12. The quantitative estimate of drug-likeness (QED) is 0.876. The topological polar surface area (TPSA) is 40.5 Å². The molecule has 2 heteroatoms. The number of aliphatic hydroxyl groups is 2. The molecule has 118 valence electrons. The summed E-state index contributed by atoms with van der Waals surface area (Å²) in [5.41, 5.74) is 3.23. The Bertz CT molecular complexity index is 539. The van der Waals surface area contributed by atoms with E-state index in [-0.39, 0.29) is 0 Å². The van der Waals surface area contributed by atoms with Gasteiger partial charge < -0.3 is 10.2 Å². The van der Waals surface area contributed by atoms with E-state index in [1.165, 1.54) is 0 Å². The first-order valence-corrected chi connectivity index (χ1v) is 7.75. The van der Waals surface area contributed by atoms with Gasteiger partial charge in [0, 0.05) is 12.8 Å². The maximum Gasteiger partial charge on any atom is 0.0631 e. The van der Waals surface area contributed by atoms with Crippen molar-refractivity contribution in [3.63, 3.8) is 0 Å². The minimum absolute atomic E-state index is 0.651. The van der Waals surface area contributed by atoms with Crippen molar-refractivity contribution in [2.45, 2.75) is 51.7 Å². The average Bonchev–Trinajstić information content (AvgIpc) is 2.37. The molecule has 2 aromatic carbocycles. The Kier molecular flexibility index (Phi) is 4.74. The molecule has 0 amide bonds. The molecule has 0 saturated heterocycles.